The molecule has 1 unspecified atom stereocenters. The van der Waals surface area contributed by atoms with Crippen LogP contribution in [0.4, 0.5) is 0 Å². The average Bonchev–Trinajstić information content (AvgIpc) is 3.45. The first kappa shape index (κ1) is 76.4. The number of rotatable bonds is 65. The largest absolute Gasteiger partial charge is 0.462 e. The van der Waals surface area contributed by atoms with Crippen LogP contribution >= 0.6 is 0 Å². The third-order valence-corrected chi connectivity index (χ3v) is 15.8. The van der Waals surface area contributed by atoms with E-state index in [1.807, 2.05) is 0 Å². The van der Waals surface area contributed by atoms with E-state index < -0.39 is 6.10 Å². The van der Waals surface area contributed by atoms with Gasteiger partial charge in [0.25, 0.3) is 0 Å². The normalized spacial score (nSPS) is 12.3. The Balaban J connectivity index is 4.11. The van der Waals surface area contributed by atoms with Gasteiger partial charge in [-0.1, -0.05) is 352 Å². The van der Waals surface area contributed by atoms with Crippen LogP contribution in [-0.4, -0.2) is 37.2 Å². The number of hydrogen-bond acceptors (Lipinski definition) is 6. The maximum Gasteiger partial charge on any atom is 0.306 e. The molecular formula is C73H134O6. The van der Waals surface area contributed by atoms with Crippen molar-refractivity contribution >= 4 is 17.9 Å². The van der Waals surface area contributed by atoms with Crippen LogP contribution < -0.4 is 0 Å². The van der Waals surface area contributed by atoms with E-state index in [4.69, 9.17) is 14.2 Å². The Hall–Kier alpha value is -2.63. The number of hydrogen-bond donors (Lipinski definition) is 0. The lowest BCUT2D eigenvalue weighted by molar-refractivity contribution is -0.167. The fraction of sp³-hybridized carbons (Fsp3) is 0.849. The second kappa shape index (κ2) is 67.9. The van der Waals surface area contributed by atoms with E-state index in [9.17, 15) is 14.4 Å². The first-order chi connectivity index (χ1) is 39.0. The SMILES string of the molecule is CC/C=C\C/C=C\C/C=C\C/C=C\CCCCCCCCCCC(=O)OC(COC(=O)CCCCCCCCCCCC)COC(=O)CCCCCCCCCCCCCCCCCCCCCCCCCCCCCCCC. The van der Waals surface area contributed by atoms with Crippen molar-refractivity contribution in [2.24, 2.45) is 0 Å². The quantitative estimate of drug-likeness (QED) is 0.0261. The van der Waals surface area contributed by atoms with E-state index in [0.717, 1.165) is 89.9 Å². The molecule has 0 N–H and O–H groups in total. The number of carbonyl (C=O) groups excluding carboxylic acids is 3. The summed E-state index contributed by atoms with van der Waals surface area (Å²) < 4.78 is 16.9. The van der Waals surface area contributed by atoms with Crippen LogP contribution in [0.25, 0.3) is 0 Å². The molecule has 0 aliphatic heterocycles. The summed E-state index contributed by atoms with van der Waals surface area (Å²) in [6.07, 6.45) is 85.9. The van der Waals surface area contributed by atoms with Crippen molar-refractivity contribution in [1.82, 2.24) is 0 Å². The number of ether oxygens (including phenoxy) is 3. The highest BCUT2D eigenvalue weighted by Crippen LogP contribution is 2.19. The van der Waals surface area contributed by atoms with Crippen LogP contribution in [0.2, 0.25) is 0 Å². The Labute approximate surface area is 492 Å². The zero-order valence-corrected chi connectivity index (χ0v) is 53.2. The Kier molecular flexibility index (Phi) is 65.6. The van der Waals surface area contributed by atoms with E-state index in [2.05, 4.69) is 69.4 Å². The van der Waals surface area contributed by atoms with Gasteiger partial charge in [-0.25, -0.2) is 0 Å². The van der Waals surface area contributed by atoms with Gasteiger partial charge in [-0.2, -0.15) is 0 Å². The molecule has 462 valence electrons. The molecule has 79 heavy (non-hydrogen) atoms. The summed E-state index contributed by atoms with van der Waals surface area (Å²) >= 11 is 0. The Morgan fingerprint density at radius 2 is 0.494 bits per heavy atom. The lowest BCUT2D eigenvalue weighted by Crippen LogP contribution is -2.30. The molecule has 6 nitrogen and oxygen atoms in total. The predicted octanol–water partition coefficient (Wildman–Crippen LogP) is 24.1. The smallest absolute Gasteiger partial charge is 0.306 e. The van der Waals surface area contributed by atoms with Crippen molar-refractivity contribution in [3.05, 3.63) is 48.6 Å². The Bertz CT molecular complexity index is 1360. The van der Waals surface area contributed by atoms with Gasteiger partial charge < -0.3 is 14.2 Å². The molecule has 0 spiro atoms. The van der Waals surface area contributed by atoms with Gasteiger partial charge in [0, 0.05) is 19.3 Å². The minimum Gasteiger partial charge on any atom is -0.462 e. The highest BCUT2D eigenvalue weighted by atomic mass is 16.6. The van der Waals surface area contributed by atoms with Crippen molar-refractivity contribution in [2.45, 2.75) is 386 Å². The van der Waals surface area contributed by atoms with Crippen LogP contribution in [0, 0.1) is 0 Å². The zero-order valence-electron chi connectivity index (χ0n) is 53.2. The van der Waals surface area contributed by atoms with Crippen molar-refractivity contribution in [3.63, 3.8) is 0 Å². The summed E-state index contributed by atoms with van der Waals surface area (Å²) in [6.45, 7) is 6.57. The van der Waals surface area contributed by atoms with Crippen LogP contribution in [0.1, 0.15) is 380 Å². The van der Waals surface area contributed by atoms with Gasteiger partial charge in [0.15, 0.2) is 6.10 Å². The minimum atomic E-state index is -0.775. The molecule has 1 atom stereocenters. The predicted molar refractivity (Wildman–Crippen MR) is 344 cm³/mol. The molecule has 0 radical (unpaired) electrons. The van der Waals surface area contributed by atoms with Crippen LogP contribution in [0.5, 0.6) is 0 Å². The fourth-order valence-electron chi connectivity index (χ4n) is 10.6. The molecule has 0 aromatic carbocycles. The molecule has 0 saturated heterocycles. The van der Waals surface area contributed by atoms with Gasteiger partial charge in [0.1, 0.15) is 13.2 Å². The number of unbranched alkanes of at least 4 members (excludes halogenated alkanes) is 46. The number of allylic oxidation sites excluding steroid dienone is 8. The fourth-order valence-corrected chi connectivity index (χ4v) is 10.6. The van der Waals surface area contributed by atoms with E-state index >= 15 is 0 Å². The van der Waals surface area contributed by atoms with E-state index in [-0.39, 0.29) is 31.1 Å². The lowest BCUT2D eigenvalue weighted by Gasteiger charge is -2.18. The van der Waals surface area contributed by atoms with E-state index in [0.29, 0.717) is 19.3 Å². The van der Waals surface area contributed by atoms with Gasteiger partial charge in [-0.15, -0.1) is 0 Å². The first-order valence-electron chi connectivity index (χ1n) is 35.1. The Morgan fingerprint density at radius 3 is 0.772 bits per heavy atom. The molecule has 0 rings (SSSR count). The van der Waals surface area contributed by atoms with Gasteiger partial charge in [0.2, 0.25) is 0 Å². The molecule has 0 fully saturated rings. The zero-order chi connectivity index (χ0) is 57.1. The maximum absolute atomic E-state index is 12.9. The van der Waals surface area contributed by atoms with Gasteiger partial charge in [-0.05, 0) is 57.8 Å². The molecule has 0 aromatic heterocycles. The monoisotopic (exact) mass is 1110 g/mol. The third kappa shape index (κ3) is 66.1. The topological polar surface area (TPSA) is 78.9 Å². The van der Waals surface area contributed by atoms with Crippen LogP contribution in [0.3, 0.4) is 0 Å². The van der Waals surface area contributed by atoms with Crippen molar-refractivity contribution in [3.8, 4) is 0 Å². The lowest BCUT2D eigenvalue weighted by atomic mass is 10.0. The number of carbonyl (C=O) groups is 3. The summed E-state index contributed by atoms with van der Waals surface area (Å²) in [5.41, 5.74) is 0. The van der Waals surface area contributed by atoms with Crippen molar-refractivity contribution < 1.29 is 28.6 Å². The van der Waals surface area contributed by atoms with E-state index in [1.54, 1.807) is 0 Å². The molecule has 0 amide bonds. The molecule has 0 aliphatic rings. The summed E-state index contributed by atoms with van der Waals surface area (Å²) in [6, 6.07) is 0. The second-order valence-electron chi connectivity index (χ2n) is 23.8. The highest BCUT2D eigenvalue weighted by molar-refractivity contribution is 5.71. The van der Waals surface area contributed by atoms with Crippen LogP contribution in [0.15, 0.2) is 48.6 Å². The Morgan fingerprint density at radius 1 is 0.266 bits per heavy atom. The molecule has 6 heteroatoms. The summed E-state index contributed by atoms with van der Waals surface area (Å²) in [5, 5.41) is 0. The third-order valence-electron chi connectivity index (χ3n) is 15.8. The van der Waals surface area contributed by atoms with Crippen molar-refractivity contribution in [1.29, 1.82) is 0 Å². The molecule has 0 aromatic rings. The van der Waals surface area contributed by atoms with Crippen LogP contribution in [-0.2, 0) is 28.6 Å². The molecule has 0 bridgehead atoms. The van der Waals surface area contributed by atoms with Gasteiger partial charge >= 0.3 is 17.9 Å². The minimum absolute atomic E-state index is 0.0714. The van der Waals surface area contributed by atoms with Gasteiger partial charge in [-0.3, -0.25) is 14.4 Å². The summed E-state index contributed by atoms with van der Waals surface area (Å²) in [4.78, 5) is 38.3. The molecule has 0 heterocycles. The number of esters is 3. The summed E-state index contributed by atoms with van der Waals surface area (Å²) in [5.74, 6) is -0.857. The maximum atomic E-state index is 12.9. The molecule has 0 aliphatic carbocycles. The summed E-state index contributed by atoms with van der Waals surface area (Å²) in [7, 11) is 0. The average molecular weight is 1110 g/mol. The molecule has 0 saturated carbocycles. The second-order valence-corrected chi connectivity index (χ2v) is 23.8. The first-order valence-corrected chi connectivity index (χ1v) is 35.1. The van der Waals surface area contributed by atoms with E-state index in [1.165, 1.54) is 250 Å². The highest BCUT2D eigenvalue weighted by Gasteiger charge is 2.19. The molecular weight excluding hydrogens is 973 g/mol. The van der Waals surface area contributed by atoms with Gasteiger partial charge in [0.05, 0.1) is 0 Å². The standard InChI is InChI=1S/C73H134O6/c1-4-7-10-13-16-19-22-24-26-28-30-32-33-34-35-36-37-38-39-40-42-43-45-47-49-51-54-57-60-63-66-72(75)78-69-70(68-77-71(74)65-62-59-56-53-21-18-15-12-9-6-3)79-73(76)67-64-61-58-55-52-50-48-46-44-41-31-29-27-25-23-20-17-14-11-8-5-2/h8,11,17,20,25,27,31,41,70H,4-7,9-10,12-16,18-19,21-24,26,28-30,32-40,42-69H2,1-3H3/b11-8-,20-17-,27-25-,41-31-. The van der Waals surface area contributed by atoms with Crippen molar-refractivity contribution in [2.75, 3.05) is 13.2 Å².